The summed E-state index contributed by atoms with van der Waals surface area (Å²) in [5.41, 5.74) is 6.59. The van der Waals surface area contributed by atoms with E-state index >= 15 is 0 Å². The first-order valence-corrected chi connectivity index (χ1v) is 6.06. The topological polar surface area (TPSA) is 46.2 Å². The Hall–Kier alpha value is -0.280. The van der Waals surface area contributed by atoms with Crippen molar-refractivity contribution in [1.29, 1.82) is 0 Å². The second-order valence-corrected chi connectivity index (χ2v) is 5.17. The number of aliphatic hydroxyl groups excluding tert-OH is 1. The minimum atomic E-state index is -0.627. The Labute approximate surface area is 106 Å². The van der Waals surface area contributed by atoms with Crippen LogP contribution in [-0.2, 0) is 0 Å². The van der Waals surface area contributed by atoms with Gasteiger partial charge >= 0.3 is 0 Å². The maximum atomic E-state index is 9.95. The number of aliphatic hydroxyl groups is 1. The van der Waals surface area contributed by atoms with E-state index in [9.17, 15) is 5.11 Å². The largest absolute Gasteiger partial charge is 0.391 e. The third kappa shape index (κ3) is 3.36. The maximum Gasteiger partial charge on any atom is 0.0736 e. The molecule has 3 N–H and O–H groups in total. The smallest absolute Gasteiger partial charge is 0.0736 e. The number of halogens is 2. The molecule has 0 bridgehead atoms. The second-order valence-electron chi connectivity index (χ2n) is 4.36. The average Bonchev–Trinajstić information content (AvgIpc) is 2.16. The average molecular weight is 262 g/mol. The van der Waals surface area contributed by atoms with Crippen molar-refractivity contribution in [2.45, 2.75) is 32.4 Å². The molecule has 16 heavy (non-hydrogen) atoms. The molecule has 2 atom stereocenters. The highest BCUT2D eigenvalue weighted by Crippen LogP contribution is 2.31. The van der Waals surface area contributed by atoms with Crippen LogP contribution in [0.25, 0.3) is 0 Å². The Kier molecular flexibility index (Phi) is 5.06. The van der Waals surface area contributed by atoms with Crippen LogP contribution in [0.3, 0.4) is 0 Å². The first kappa shape index (κ1) is 13.8. The van der Waals surface area contributed by atoms with Gasteiger partial charge in [0.25, 0.3) is 0 Å². The third-order valence-electron chi connectivity index (χ3n) is 2.46. The van der Waals surface area contributed by atoms with Crippen LogP contribution in [0, 0.1) is 5.92 Å². The quantitative estimate of drug-likeness (QED) is 0.873. The van der Waals surface area contributed by atoms with E-state index in [1.54, 1.807) is 18.2 Å². The van der Waals surface area contributed by atoms with Gasteiger partial charge in [-0.3, -0.25) is 0 Å². The summed E-state index contributed by atoms with van der Waals surface area (Å²) in [5, 5.41) is 11.0. The van der Waals surface area contributed by atoms with Crippen molar-refractivity contribution >= 4 is 23.2 Å². The Balaban J connectivity index is 2.91. The SMILES string of the molecule is CC(C)C[C@H](O)[C@H](N)c1c(Cl)cccc1Cl. The lowest BCUT2D eigenvalue weighted by molar-refractivity contribution is 0.121. The molecular formula is C12H17Cl2NO. The van der Waals surface area contributed by atoms with Crippen LogP contribution in [0.1, 0.15) is 31.9 Å². The van der Waals surface area contributed by atoms with Gasteiger partial charge in [-0.2, -0.15) is 0 Å². The first-order chi connectivity index (χ1) is 7.43. The molecule has 0 heterocycles. The summed E-state index contributed by atoms with van der Waals surface area (Å²) < 4.78 is 0. The van der Waals surface area contributed by atoms with Crippen molar-refractivity contribution in [3.63, 3.8) is 0 Å². The molecule has 0 aliphatic carbocycles. The van der Waals surface area contributed by atoms with Gasteiger partial charge in [-0.15, -0.1) is 0 Å². The summed E-state index contributed by atoms with van der Waals surface area (Å²) >= 11 is 12.1. The van der Waals surface area contributed by atoms with Crippen LogP contribution in [0.15, 0.2) is 18.2 Å². The van der Waals surface area contributed by atoms with Gasteiger partial charge in [0.05, 0.1) is 12.1 Å². The van der Waals surface area contributed by atoms with Crippen molar-refractivity contribution < 1.29 is 5.11 Å². The van der Waals surface area contributed by atoms with Crippen LogP contribution in [-0.4, -0.2) is 11.2 Å². The van der Waals surface area contributed by atoms with Gasteiger partial charge in [0, 0.05) is 15.6 Å². The zero-order valence-electron chi connectivity index (χ0n) is 9.45. The van der Waals surface area contributed by atoms with E-state index in [1.807, 2.05) is 13.8 Å². The van der Waals surface area contributed by atoms with E-state index < -0.39 is 12.1 Å². The highest BCUT2D eigenvalue weighted by molar-refractivity contribution is 6.36. The standard InChI is InChI=1S/C12H17Cl2NO/c1-7(2)6-10(16)12(15)11-8(13)4-3-5-9(11)14/h3-5,7,10,12,16H,6,15H2,1-2H3/t10-,12-/m0/s1. The predicted molar refractivity (Wildman–Crippen MR) is 68.9 cm³/mol. The Morgan fingerprint density at radius 1 is 1.25 bits per heavy atom. The van der Waals surface area contributed by atoms with E-state index in [2.05, 4.69) is 0 Å². The minimum Gasteiger partial charge on any atom is -0.391 e. The molecular weight excluding hydrogens is 245 g/mol. The zero-order chi connectivity index (χ0) is 12.3. The van der Waals surface area contributed by atoms with E-state index in [0.717, 1.165) is 0 Å². The molecule has 1 aromatic carbocycles. The lowest BCUT2D eigenvalue weighted by atomic mass is 9.95. The molecule has 0 fully saturated rings. The fraction of sp³-hybridized carbons (Fsp3) is 0.500. The number of hydrogen-bond acceptors (Lipinski definition) is 2. The fourth-order valence-corrected chi connectivity index (χ4v) is 2.30. The lowest BCUT2D eigenvalue weighted by Crippen LogP contribution is -2.28. The highest BCUT2D eigenvalue weighted by atomic mass is 35.5. The van der Waals surface area contributed by atoms with E-state index in [4.69, 9.17) is 28.9 Å². The van der Waals surface area contributed by atoms with E-state index in [0.29, 0.717) is 27.9 Å². The van der Waals surface area contributed by atoms with Crippen LogP contribution in [0.5, 0.6) is 0 Å². The normalized spacial score (nSPS) is 15.2. The molecule has 0 unspecified atom stereocenters. The highest BCUT2D eigenvalue weighted by Gasteiger charge is 2.22. The number of benzene rings is 1. The monoisotopic (exact) mass is 261 g/mol. The molecule has 4 heteroatoms. The van der Waals surface area contributed by atoms with Crippen molar-refractivity contribution in [1.82, 2.24) is 0 Å². The van der Waals surface area contributed by atoms with Crippen LogP contribution >= 0.6 is 23.2 Å². The molecule has 90 valence electrons. The van der Waals surface area contributed by atoms with E-state index in [-0.39, 0.29) is 0 Å². The van der Waals surface area contributed by atoms with Crippen LogP contribution in [0.4, 0.5) is 0 Å². The van der Waals surface area contributed by atoms with Gasteiger partial charge in [0.1, 0.15) is 0 Å². The molecule has 0 aliphatic rings. The van der Waals surface area contributed by atoms with Crippen molar-refractivity contribution in [3.05, 3.63) is 33.8 Å². The van der Waals surface area contributed by atoms with Gasteiger partial charge in [0.2, 0.25) is 0 Å². The minimum absolute atomic E-state index is 0.377. The van der Waals surface area contributed by atoms with Crippen LogP contribution in [0.2, 0.25) is 10.0 Å². The summed E-state index contributed by atoms with van der Waals surface area (Å²) in [6, 6.07) is 4.68. The molecule has 0 radical (unpaired) electrons. The van der Waals surface area contributed by atoms with Crippen molar-refractivity contribution in [3.8, 4) is 0 Å². The molecule has 0 aliphatic heterocycles. The van der Waals surface area contributed by atoms with Crippen molar-refractivity contribution in [2.75, 3.05) is 0 Å². The Morgan fingerprint density at radius 3 is 2.19 bits per heavy atom. The molecule has 0 saturated heterocycles. The van der Waals surface area contributed by atoms with E-state index in [1.165, 1.54) is 0 Å². The molecule has 1 rings (SSSR count). The van der Waals surface area contributed by atoms with Gasteiger partial charge in [-0.05, 0) is 24.5 Å². The predicted octanol–water partition coefficient (Wildman–Crippen LogP) is 3.40. The molecule has 0 saturated carbocycles. The summed E-state index contributed by atoms with van der Waals surface area (Å²) in [4.78, 5) is 0. The Morgan fingerprint density at radius 2 is 1.75 bits per heavy atom. The number of hydrogen-bond donors (Lipinski definition) is 2. The molecule has 1 aromatic rings. The summed E-state index contributed by atoms with van der Waals surface area (Å²) in [7, 11) is 0. The van der Waals surface area contributed by atoms with Crippen molar-refractivity contribution in [2.24, 2.45) is 11.7 Å². The Bertz CT molecular complexity index is 335. The fourth-order valence-electron chi connectivity index (χ4n) is 1.65. The third-order valence-corrected chi connectivity index (χ3v) is 3.12. The summed E-state index contributed by atoms with van der Waals surface area (Å²) in [6.45, 7) is 4.06. The van der Waals surface area contributed by atoms with Crippen LogP contribution < -0.4 is 5.73 Å². The lowest BCUT2D eigenvalue weighted by Gasteiger charge is -2.22. The van der Waals surface area contributed by atoms with Gasteiger partial charge in [0.15, 0.2) is 0 Å². The molecule has 0 amide bonds. The summed E-state index contributed by atoms with van der Waals surface area (Å²) in [6.07, 6.45) is 0.000290. The zero-order valence-corrected chi connectivity index (χ0v) is 11.0. The number of rotatable bonds is 4. The molecule has 0 aromatic heterocycles. The molecule has 0 spiro atoms. The maximum absolute atomic E-state index is 9.95. The van der Waals surface area contributed by atoms with Gasteiger partial charge in [-0.25, -0.2) is 0 Å². The first-order valence-electron chi connectivity index (χ1n) is 5.31. The van der Waals surface area contributed by atoms with Gasteiger partial charge in [-0.1, -0.05) is 43.1 Å². The number of nitrogens with two attached hydrogens (primary N) is 1. The summed E-state index contributed by atoms with van der Waals surface area (Å²) in [5.74, 6) is 0.377. The van der Waals surface area contributed by atoms with Gasteiger partial charge < -0.3 is 10.8 Å². The second kappa shape index (κ2) is 5.87. The molecule has 2 nitrogen and oxygen atoms in total.